The minimum Gasteiger partial charge on any atom is -0.359 e. The van der Waals surface area contributed by atoms with Crippen LogP contribution in [-0.4, -0.2) is 37.1 Å². The van der Waals surface area contributed by atoms with E-state index in [2.05, 4.69) is 49.6 Å². The molecular weight excluding hydrogens is 320 g/mol. The Morgan fingerprint density at radius 2 is 2.35 bits per heavy atom. The zero-order valence-electron chi connectivity index (χ0n) is 11.5. The van der Waals surface area contributed by atoms with Crippen LogP contribution in [0.25, 0.3) is 0 Å². The lowest BCUT2D eigenvalue weighted by molar-refractivity contribution is -0.119. The van der Waals surface area contributed by atoms with Gasteiger partial charge < -0.3 is 15.5 Å². The highest BCUT2D eigenvalue weighted by molar-refractivity contribution is 9.10. The molecule has 2 aliphatic heterocycles. The Labute approximate surface area is 127 Å². The molecular formula is C14H19BrN4O. The minimum atomic E-state index is 0.172. The summed E-state index contributed by atoms with van der Waals surface area (Å²) in [7, 11) is 2.08. The number of aromatic nitrogens is 1. The normalized spacial score (nSPS) is 25.5. The van der Waals surface area contributed by atoms with E-state index in [1.165, 1.54) is 5.56 Å². The third-order valence-electron chi connectivity index (χ3n) is 4.06. The molecule has 0 aromatic carbocycles. The quantitative estimate of drug-likeness (QED) is 0.822. The van der Waals surface area contributed by atoms with Crippen LogP contribution in [0, 0.1) is 0 Å². The number of halogens is 1. The number of anilines is 1. The van der Waals surface area contributed by atoms with Gasteiger partial charge in [0.05, 0.1) is 0 Å². The van der Waals surface area contributed by atoms with Crippen molar-refractivity contribution in [2.45, 2.75) is 31.3 Å². The monoisotopic (exact) mass is 338 g/mol. The van der Waals surface area contributed by atoms with E-state index >= 15 is 0 Å². The SMILES string of the molecule is CN1CCC(NC[C@@H]2CCC(=O)N2)c2ccc(Br)nc21. The standard InChI is InChI=1S/C14H19BrN4O/c1-19-7-6-11(10-3-4-12(15)18-14(10)19)16-8-9-2-5-13(20)17-9/h3-4,9,11,16H,2,5-8H2,1H3,(H,17,20)/t9-,11?/m0/s1. The average Bonchev–Trinajstić information content (AvgIpc) is 2.84. The fraction of sp³-hybridized carbons (Fsp3) is 0.571. The number of carbonyl (C=O) groups is 1. The summed E-state index contributed by atoms with van der Waals surface area (Å²) in [5.74, 6) is 1.21. The second kappa shape index (κ2) is 5.69. The number of rotatable bonds is 3. The van der Waals surface area contributed by atoms with E-state index in [1.807, 2.05) is 6.07 Å². The molecule has 6 heteroatoms. The number of hydrogen-bond donors (Lipinski definition) is 2. The highest BCUT2D eigenvalue weighted by atomic mass is 79.9. The molecule has 2 N–H and O–H groups in total. The summed E-state index contributed by atoms with van der Waals surface area (Å²) >= 11 is 3.43. The zero-order valence-corrected chi connectivity index (χ0v) is 13.1. The van der Waals surface area contributed by atoms with E-state index in [0.29, 0.717) is 12.5 Å². The fourth-order valence-corrected chi connectivity index (χ4v) is 3.23. The summed E-state index contributed by atoms with van der Waals surface area (Å²) in [5.41, 5.74) is 1.24. The van der Waals surface area contributed by atoms with Gasteiger partial charge >= 0.3 is 0 Å². The summed E-state index contributed by atoms with van der Waals surface area (Å²) in [5, 5.41) is 6.58. The predicted molar refractivity (Wildman–Crippen MR) is 81.7 cm³/mol. The van der Waals surface area contributed by atoms with Gasteiger partial charge in [0.2, 0.25) is 5.91 Å². The Balaban J connectivity index is 1.69. The Morgan fingerprint density at radius 1 is 1.50 bits per heavy atom. The number of hydrogen-bond acceptors (Lipinski definition) is 4. The van der Waals surface area contributed by atoms with Crippen LogP contribution >= 0.6 is 15.9 Å². The van der Waals surface area contributed by atoms with Gasteiger partial charge in [-0.1, -0.05) is 6.07 Å². The Morgan fingerprint density at radius 3 is 3.10 bits per heavy atom. The van der Waals surface area contributed by atoms with Crippen LogP contribution in [0.3, 0.4) is 0 Å². The smallest absolute Gasteiger partial charge is 0.220 e. The van der Waals surface area contributed by atoms with Gasteiger partial charge in [-0.3, -0.25) is 4.79 Å². The maximum absolute atomic E-state index is 11.2. The number of nitrogens with zero attached hydrogens (tertiary/aromatic N) is 2. The predicted octanol–water partition coefficient (Wildman–Crippen LogP) is 1.59. The van der Waals surface area contributed by atoms with E-state index in [9.17, 15) is 4.79 Å². The van der Waals surface area contributed by atoms with Crippen LogP contribution in [-0.2, 0) is 4.79 Å². The van der Waals surface area contributed by atoms with Gasteiger partial charge in [-0.05, 0) is 34.8 Å². The van der Waals surface area contributed by atoms with Gasteiger partial charge in [-0.15, -0.1) is 0 Å². The average molecular weight is 339 g/mol. The number of amides is 1. The molecule has 3 heterocycles. The van der Waals surface area contributed by atoms with Gasteiger partial charge in [0, 0.05) is 44.2 Å². The van der Waals surface area contributed by atoms with Crippen LogP contribution in [0.4, 0.5) is 5.82 Å². The Kier molecular flexibility index (Phi) is 3.94. The first-order valence-corrected chi connectivity index (χ1v) is 7.83. The lowest BCUT2D eigenvalue weighted by Gasteiger charge is -2.33. The summed E-state index contributed by atoms with van der Waals surface area (Å²) in [6.07, 6.45) is 2.65. The van der Waals surface area contributed by atoms with Gasteiger partial charge in [0.15, 0.2) is 0 Å². The number of pyridine rings is 1. The van der Waals surface area contributed by atoms with Gasteiger partial charge in [0.25, 0.3) is 0 Å². The van der Waals surface area contributed by atoms with Crippen LogP contribution in [0.15, 0.2) is 16.7 Å². The molecule has 1 aromatic heterocycles. The first-order chi connectivity index (χ1) is 9.63. The van der Waals surface area contributed by atoms with Crippen molar-refractivity contribution < 1.29 is 4.79 Å². The molecule has 0 aliphatic carbocycles. The van der Waals surface area contributed by atoms with E-state index in [4.69, 9.17) is 0 Å². The van der Waals surface area contributed by atoms with E-state index < -0.39 is 0 Å². The molecule has 0 bridgehead atoms. The summed E-state index contributed by atoms with van der Waals surface area (Å²) < 4.78 is 0.867. The molecule has 2 atom stereocenters. The zero-order chi connectivity index (χ0) is 14.1. The van der Waals surface area contributed by atoms with Crippen molar-refractivity contribution in [3.63, 3.8) is 0 Å². The molecule has 0 radical (unpaired) electrons. The van der Waals surface area contributed by atoms with Gasteiger partial charge in [-0.2, -0.15) is 0 Å². The molecule has 20 heavy (non-hydrogen) atoms. The topological polar surface area (TPSA) is 57.3 Å². The third kappa shape index (κ3) is 2.81. The lowest BCUT2D eigenvalue weighted by Crippen LogP contribution is -2.40. The van der Waals surface area contributed by atoms with Crippen molar-refractivity contribution in [1.82, 2.24) is 15.6 Å². The first-order valence-electron chi connectivity index (χ1n) is 7.04. The van der Waals surface area contributed by atoms with Crippen LogP contribution in [0.2, 0.25) is 0 Å². The maximum Gasteiger partial charge on any atom is 0.220 e. The van der Waals surface area contributed by atoms with Crippen LogP contribution in [0.5, 0.6) is 0 Å². The molecule has 1 saturated heterocycles. The molecule has 2 aliphatic rings. The second-order valence-electron chi connectivity index (χ2n) is 5.52. The van der Waals surface area contributed by atoms with Crippen LogP contribution < -0.4 is 15.5 Å². The number of nitrogens with one attached hydrogen (secondary N) is 2. The molecule has 1 aromatic rings. The van der Waals surface area contributed by atoms with Crippen LogP contribution in [0.1, 0.15) is 30.9 Å². The highest BCUT2D eigenvalue weighted by Crippen LogP contribution is 2.32. The number of fused-ring (bicyclic) bond motifs is 1. The lowest BCUT2D eigenvalue weighted by atomic mass is 9.99. The molecule has 1 fully saturated rings. The first kappa shape index (κ1) is 13.8. The van der Waals surface area contributed by atoms with Crippen molar-refractivity contribution in [3.8, 4) is 0 Å². The van der Waals surface area contributed by atoms with Crippen molar-refractivity contribution >= 4 is 27.7 Å². The summed E-state index contributed by atoms with van der Waals surface area (Å²) in [6, 6.07) is 4.71. The minimum absolute atomic E-state index is 0.172. The van der Waals surface area contributed by atoms with E-state index in [0.717, 1.165) is 36.4 Å². The highest BCUT2D eigenvalue weighted by Gasteiger charge is 2.26. The Bertz CT molecular complexity index is 522. The van der Waals surface area contributed by atoms with Crippen molar-refractivity contribution in [2.24, 2.45) is 0 Å². The molecule has 0 spiro atoms. The van der Waals surface area contributed by atoms with Crippen molar-refractivity contribution in [3.05, 3.63) is 22.3 Å². The maximum atomic E-state index is 11.2. The molecule has 1 unspecified atom stereocenters. The van der Waals surface area contributed by atoms with E-state index in [-0.39, 0.29) is 11.9 Å². The Hall–Kier alpha value is -1.14. The molecule has 5 nitrogen and oxygen atoms in total. The molecule has 3 rings (SSSR count). The van der Waals surface area contributed by atoms with Gasteiger partial charge in [-0.25, -0.2) is 4.98 Å². The van der Waals surface area contributed by atoms with E-state index in [1.54, 1.807) is 0 Å². The second-order valence-corrected chi connectivity index (χ2v) is 6.33. The summed E-state index contributed by atoms with van der Waals surface area (Å²) in [6.45, 7) is 1.82. The number of carbonyl (C=O) groups excluding carboxylic acids is 1. The van der Waals surface area contributed by atoms with Gasteiger partial charge in [0.1, 0.15) is 10.4 Å². The van der Waals surface area contributed by atoms with Crippen molar-refractivity contribution in [1.29, 1.82) is 0 Å². The largest absolute Gasteiger partial charge is 0.359 e. The van der Waals surface area contributed by atoms with Crippen molar-refractivity contribution in [2.75, 3.05) is 25.0 Å². The fourth-order valence-electron chi connectivity index (χ4n) is 2.92. The molecule has 1 amide bonds. The molecule has 108 valence electrons. The third-order valence-corrected chi connectivity index (χ3v) is 4.50. The summed E-state index contributed by atoms with van der Waals surface area (Å²) in [4.78, 5) is 18.0. The molecule has 0 saturated carbocycles.